The van der Waals surface area contributed by atoms with E-state index in [1.165, 1.54) is 40.5 Å². The van der Waals surface area contributed by atoms with E-state index in [0.29, 0.717) is 18.7 Å². The summed E-state index contributed by atoms with van der Waals surface area (Å²) >= 11 is 1.46. The topological polar surface area (TPSA) is 96.0 Å². The number of hydrogen-bond donors (Lipinski definition) is 1. The van der Waals surface area contributed by atoms with E-state index in [2.05, 4.69) is 4.72 Å². The molecule has 176 valence electrons. The van der Waals surface area contributed by atoms with Crippen molar-refractivity contribution in [2.45, 2.75) is 37.8 Å². The van der Waals surface area contributed by atoms with Gasteiger partial charge in [0.05, 0.1) is 4.90 Å². The Balaban J connectivity index is 2.12. The molecule has 0 aliphatic rings. The van der Waals surface area contributed by atoms with E-state index >= 15 is 0 Å². The minimum Gasteiger partial charge on any atom is -0.459 e. The Labute approximate surface area is 194 Å². The lowest BCUT2D eigenvalue weighted by atomic mass is 10.2. The molecule has 0 fully saturated rings. The molecule has 0 bridgehead atoms. The normalized spacial score (nSPS) is 12.1. The lowest BCUT2D eigenvalue weighted by Crippen LogP contribution is -2.42. The molecule has 0 aliphatic heterocycles. The highest BCUT2D eigenvalue weighted by Gasteiger charge is 2.24. The molecule has 32 heavy (non-hydrogen) atoms. The van der Waals surface area contributed by atoms with E-state index < -0.39 is 21.6 Å². The Kier molecular flexibility index (Phi) is 8.97. The first-order valence-corrected chi connectivity index (χ1v) is 12.5. The summed E-state index contributed by atoms with van der Waals surface area (Å²) in [7, 11) is 0.0391. The molecule has 0 saturated carbocycles. The van der Waals surface area contributed by atoms with Crippen molar-refractivity contribution < 1.29 is 22.7 Å². The molecule has 0 atom stereocenters. The van der Waals surface area contributed by atoms with Gasteiger partial charge in [0.1, 0.15) is 12.1 Å². The second-order valence-electron chi connectivity index (χ2n) is 8.54. The molecule has 0 saturated heterocycles. The fraction of sp³-hybridized carbons (Fsp3) is 0.455. The summed E-state index contributed by atoms with van der Waals surface area (Å²) in [4.78, 5) is 29.6. The predicted molar refractivity (Wildman–Crippen MR) is 125 cm³/mol. The van der Waals surface area contributed by atoms with Gasteiger partial charge in [0.2, 0.25) is 10.0 Å². The maximum absolute atomic E-state index is 13.0. The van der Waals surface area contributed by atoms with Crippen molar-refractivity contribution in [3.8, 4) is 0 Å². The van der Waals surface area contributed by atoms with Gasteiger partial charge in [0, 0.05) is 30.1 Å². The lowest BCUT2D eigenvalue weighted by molar-refractivity contribution is -0.155. The number of nitrogens with one attached hydrogen (secondary N) is 1. The smallest absolute Gasteiger partial charge is 0.326 e. The van der Waals surface area contributed by atoms with Gasteiger partial charge < -0.3 is 14.5 Å². The molecule has 0 spiro atoms. The van der Waals surface area contributed by atoms with Crippen molar-refractivity contribution in [2.24, 2.45) is 0 Å². The molecule has 1 aromatic carbocycles. The number of carbonyl (C=O) groups excluding carboxylic acids is 2. The summed E-state index contributed by atoms with van der Waals surface area (Å²) in [5, 5.41) is 1.88. The summed E-state index contributed by atoms with van der Waals surface area (Å²) in [5.74, 6) is -0.866. The third-order valence-corrected chi connectivity index (χ3v) is 6.57. The Hall–Kier alpha value is -2.27. The van der Waals surface area contributed by atoms with Gasteiger partial charge in [-0.25, -0.2) is 13.1 Å². The molecule has 0 aliphatic carbocycles. The van der Waals surface area contributed by atoms with E-state index in [0.717, 1.165) is 4.88 Å². The van der Waals surface area contributed by atoms with Crippen LogP contribution in [0.1, 0.15) is 36.0 Å². The number of rotatable bonds is 10. The molecule has 2 rings (SSSR count). The van der Waals surface area contributed by atoms with Crippen molar-refractivity contribution in [1.29, 1.82) is 0 Å². The maximum atomic E-state index is 13.0. The van der Waals surface area contributed by atoms with Crippen molar-refractivity contribution in [3.63, 3.8) is 0 Å². The average molecular weight is 482 g/mol. The molecule has 0 unspecified atom stereocenters. The SMILES string of the molecule is CN(C)CCN(CC(=O)OC(C)(C)C)C(=O)c1ccc(S(=O)(=O)NCc2cccs2)cc1. The molecule has 1 heterocycles. The second kappa shape index (κ2) is 11.0. The first-order chi connectivity index (χ1) is 14.9. The molecule has 0 radical (unpaired) electrons. The second-order valence-corrected chi connectivity index (χ2v) is 11.3. The van der Waals surface area contributed by atoms with Crippen LogP contribution in [0, 0.1) is 0 Å². The molecule has 10 heteroatoms. The minimum atomic E-state index is -3.71. The monoisotopic (exact) mass is 481 g/mol. The Bertz CT molecular complexity index is 995. The fourth-order valence-electron chi connectivity index (χ4n) is 2.72. The Morgan fingerprint density at radius 1 is 1.06 bits per heavy atom. The van der Waals surface area contributed by atoms with Gasteiger partial charge in [0.15, 0.2) is 0 Å². The fourth-order valence-corrected chi connectivity index (χ4v) is 4.47. The molecule has 2 aromatic rings. The van der Waals surface area contributed by atoms with Crippen LogP contribution < -0.4 is 4.72 Å². The molecule has 1 aromatic heterocycles. The number of benzene rings is 1. The van der Waals surface area contributed by atoms with Crippen molar-refractivity contribution in [2.75, 3.05) is 33.7 Å². The zero-order valence-electron chi connectivity index (χ0n) is 19.1. The summed E-state index contributed by atoms with van der Waals surface area (Å²) in [5.41, 5.74) is -0.357. The first kappa shape index (κ1) is 26.0. The van der Waals surface area contributed by atoms with Gasteiger partial charge in [-0.15, -0.1) is 11.3 Å². The molecule has 1 N–H and O–H groups in total. The zero-order chi connectivity index (χ0) is 23.9. The first-order valence-electron chi connectivity index (χ1n) is 10.2. The van der Waals surface area contributed by atoms with Gasteiger partial charge in [-0.3, -0.25) is 9.59 Å². The van der Waals surface area contributed by atoms with Crippen LogP contribution in [0.5, 0.6) is 0 Å². The quantitative estimate of drug-likeness (QED) is 0.524. The average Bonchev–Trinajstić information content (AvgIpc) is 3.21. The van der Waals surface area contributed by atoms with Crippen LogP contribution in [-0.4, -0.2) is 69.4 Å². The van der Waals surface area contributed by atoms with Crippen LogP contribution in [0.15, 0.2) is 46.7 Å². The van der Waals surface area contributed by atoms with Crippen molar-refractivity contribution in [1.82, 2.24) is 14.5 Å². The van der Waals surface area contributed by atoms with E-state index in [1.54, 1.807) is 20.8 Å². The number of thiophene rings is 1. The molecule has 8 nitrogen and oxygen atoms in total. The van der Waals surface area contributed by atoms with Gasteiger partial charge in [-0.1, -0.05) is 6.07 Å². The van der Waals surface area contributed by atoms with E-state index in [1.807, 2.05) is 36.5 Å². The van der Waals surface area contributed by atoms with Gasteiger partial charge in [-0.2, -0.15) is 0 Å². The number of carbonyl (C=O) groups is 2. The number of sulfonamides is 1. The molecular weight excluding hydrogens is 450 g/mol. The van der Waals surface area contributed by atoms with Gasteiger partial charge in [-0.05, 0) is 70.6 Å². The molecule has 1 amide bonds. The predicted octanol–water partition coefficient (Wildman–Crippen LogP) is 2.57. The zero-order valence-corrected chi connectivity index (χ0v) is 20.8. The van der Waals surface area contributed by atoms with E-state index in [9.17, 15) is 18.0 Å². The number of amides is 1. The van der Waals surface area contributed by atoms with E-state index in [4.69, 9.17) is 4.74 Å². The van der Waals surface area contributed by atoms with Gasteiger partial charge >= 0.3 is 5.97 Å². The van der Waals surface area contributed by atoms with Crippen LogP contribution in [0.3, 0.4) is 0 Å². The maximum Gasteiger partial charge on any atom is 0.326 e. The Morgan fingerprint density at radius 3 is 2.25 bits per heavy atom. The van der Waals surface area contributed by atoms with E-state index in [-0.39, 0.29) is 23.9 Å². The highest BCUT2D eigenvalue weighted by Crippen LogP contribution is 2.15. The molecular formula is C22H31N3O5S2. The van der Waals surface area contributed by atoms with Crippen LogP contribution in [0.2, 0.25) is 0 Å². The summed E-state index contributed by atoms with van der Waals surface area (Å²) in [6.45, 7) is 6.20. The summed E-state index contributed by atoms with van der Waals surface area (Å²) < 4.78 is 33.0. The number of hydrogen-bond acceptors (Lipinski definition) is 7. The minimum absolute atomic E-state index is 0.0672. The van der Waals surface area contributed by atoms with Gasteiger partial charge in [0.25, 0.3) is 5.91 Å². The summed E-state index contributed by atoms with van der Waals surface area (Å²) in [6.07, 6.45) is 0. The summed E-state index contributed by atoms with van der Waals surface area (Å²) in [6, 6.07) is 9.40. The number of likely N-dealkylation sites (N-methyl/N-ethyl adjacent to an activating group) is 1. The number of ether oxygens (including phenoxy) is 1. The van der Waals surface area contributed by atoms with Crippen LogP contribution in [-0.2, 0) is 26.1 Å². The third-order valence-electron chi connectivity index (χ3n) is 4.27. The number of esters is 1. The highest BCUT2D eigenvalue weighted by molar-refractivity contribution is 7.89. The highest BCUT2D eigenvalue weighted by atomic mass is 32.2. The van der Waals surface area contributed by atoms with Crippen molar-refractivity contribution in [3.05, 3.63) is 52.2 Å². The van der Waals surface area contributed by atoms with Crippen LogP contribution >= 0.6 is 11.3 Å². The number of nitrogens with zero attached hydrogens (tertiary/aromatic N) is 2. The lowest BCUT2D eigenvalue weighted by Gasteiger charge is -2.26. The van der Waals surface area contributed by atoms with Crippen LogP contribution in [0.4, 0.5) is 0 Å². The largest absolute Gasteiger partial charge is 0.459 e. The third kappa shape index (κ3) is 8.34. The standard InChI is InChI=1S/C22H31N3O5S2/c1-22(2,3)30-20(26)16-25(13-12-24(4)5)21(27)17-8-10-19(11-9-17)32(28,29)23-15-18-7-6-14-31-18/h6-11,14,23H,12-13,15-16H2,1-5H3. The van der Waals surface area contributed by atoms with Crippen molar-refractivity contribution >= 4 is 33.2 Å². The Morgan fingerprint density at radius 2 is 1.72 bits per heavy atom. The van der Waals surface area contributed by atoms with Crippen LogP contribution in [0.25, 0.3) is 0 Å².